The third-order valence-corrected chi connectivity index (χ3v) is 9.46. The van der Waals surface area contributed by atoms with Crippen molar-refractivity contribution in [1.29, 1.82) is 0 Å². The van der Waals surface area contributed by atoms with E-state index in [0.29, 0.717) is 5.05 Å². The smallest absolute Gasteiger partial charge is 0.193 e. The number of thioether (sulfide) groups is 1. The molecule has 0 heterocycles. The average Bonchev–Trinajstić information content (AvgIpc) is 2.99. The van der Waals surface area contributed by atoms with Crippen LogP contribution in [-0.2, 0) is 11.2 Å². The van der Waals surface area contributed by atoms with Gasteiger partial charge >= 0.3 is 0 Å². The molecule has 0 saturated carbocycles. The van der Waals surface area contributed by atoms with Crippen molar-refractivity contribution in [3.05, 3.63) is 95.6 Å². The SMILES string of the molecule is CCCCCCCCCCSC1(OC(=S)c2ccc(CCCCCCCC)cc2)C=CC(c2ccccc2)C=C1. The molecule has 0 atom stereocenters. The largest absolute Gasteiger partial charge is 0.458 e. The molecule has 2 aromatic rings. The Morgan fingerprint density at radius 1 is 0.700 bits per heavy atom. The van der Waals surface area contributed by atoms with Crippen molar-refractivity contribution < 1.29 is 4.74 Å². The molecule has 0 N–H and O–H groups in total. The quantitative estimate of drug-likeness (QED) is 0.0671. The Morgan fingerprint density at radius 2 is 1.25 bits per heavy atom. The molecule has 40 heavy (non-hydrogen) atoms. The molecule has 0 spiro atoms. The van der Waals surface area contributed by atoms with Gasteiger partial charge in [-0.25, -0.2) is 0 Å². The van der Waals surface area contributed by atoms with E-state index in [1.165, 1.54) is 101 Å². The highest BCUT2D eigenvalue weighted by molar-refractivity contribution is 8.00. The summed E-state index contributed by atoms with van der Waals surface area (Å²) in [5, 5.41) is 0.585. The predicted octanol–water partition coefficient (Wildman–Crippen LogP) is 11.8. The number of rotatable bonds is 20. The van der Waals surface area contributed by atoms with Crippen LogP contribution in [0.4, 0.5) is 0 Å². The Labute approximate surface area is 255 Å². The lowest BCUT2D eigenvalue weighted by Gasteiger charge is -2.31. The Kier molecular flexibility index (Phi) is 15.8. The van der Waals surface area contributed by atoms with Crippen LogP contribution in [0.5, 0.6) is 0 Å². The summed E-state index contributed by atoms with van der Waals surface area (Å²) in [4.78, 5) is -0.541. The standard InChI is InChI=1S/C37H52OS2/c1-3-5-7-9-11-12-14-19-31-40-37(29-27-34(28-30-37)33-21-17-15-18-22-33)38-36(39)35-25-23-32(24-26-35)20-16-13-10-8-6-4-2/h15,17-18,21-30,34H,3-14,16,19-20,31H2,1-2H3. The molecule has 0 bridgehead atoms. The van der Waals surface area contributed by atoms with Crippen molar-refractivity contribution in [2.24, 2.45) is 0 Å². The topological polar surface area (TPSA) is 9.23 Å². The molecule has 0 aromatic heterocycles. The molecular formula is C37H52OS2. The highest BCUT2D eigenvalue weighted by atomic mass is 32.2. The zero-order chi connectivity index (χ0) is 28.3. The fraction of sp³-hybridized carbons (Fsp3) is 0.541. The molecular weight excluding hydrogens is 525 g/mol. The van der Waals surface area contributed by atoms with Gasteiger partial charge in [-0.1, -0.05) is 158 Å². The van der Waals surface area contributed by atoms with E-state index < -0.39 is 4.93 Å². The van der Waals surface area contributed by atoms with Crippen LogP contribution >= 0.6 is 24.0 Å². The molecule has 0 unspecified atom stereocenters. The molecule has 0 saturated heterocycles. The third-order valence-electron chi connectivity index (χ3n) is 7.84. The Balaban J connectivity index is 1.54. The first kappa shape index (κ1) is 32.7. The van der Waals surface area contributed by atoms with Gasteiger partial charge in [-0.2, -0.15) is 0 Å². The van der Waals surface area contributed by atoms with Gasteiger partial charge in [-0.3, -0.25) is 0 Å². The highest BCUT2D eigenvalue weighted by Gasteiger charge is 2.31. The summed E-state index contributed by atoms with van der Waals surface area (Å²) in [6, 6.07) is 19.4. The second-order valence-corrected chi connectivity index (χ2v) is 13.0. The van der Waals surface area contributed by atoms with Gasteiger partial charge in [-0.05, 0) is 60.5 Å². The van der Waals surface area contributed by atoms with E-state index in [0.717, 1.165) is 17.7 Å². The van der Waals surface area contributed by atoms with Gasteiger partial charge in [-0.15, -0.1) is 11.8 Å². The van der Waals surface area contributed by atoms with E-state index in [-0.39, 0.29) is 5.92 Å². The second-order valence-electron chi connectivity index (χ2n) is 11.3. The van der Waals surface area contributed by atoms with E-state index in [1.54, 1.807) is 0 Å². The summed E-state index contributed by atoms with van der Waals surface area (Å²) < 4.78 is 6.62. The van der Waals surface area contributed by atoms with Crippen molar-refractivity contribution >= 4 is 29.0 Å². The van der Waals surface area contributed by atoms with Crippen LogP contribution in [0, 0.1) is 0 Å². The maximum absolute atomic E-state index is 6.62. The van der Waals surface area contributed by atoms with Gasteiger partial charge in [0.05, 0.1) is 0 Å². The Hall–Kier alpha value is -1.84. The van der Waals surface area contributed by atoms with Crippen molar-refractivity contribution in [3.63, 3.8) is 0 Å². The minimum atomic E-state index is -0.541. The number of hydrogen-bond donors (Lipinski definition) is 0. The number of thiocarbonyl (C=S) groups is 1. The number of allylic oxidation sites excluding steroid dienone is 2. The molecule has 218 valence electrons. The molecule has 1 aliphatic rings. The van der Waals surface area contributed by atoms with Crippen LogP contribution in [0.1, 0.15) is 126 Å². The zero-order valence-electron chi connectivity index (χ0n) is 25.1. The van der Waals surface area contributed by atoms with E-state index in [9.17, 15) is 0 Å². The summed E-state index contributed by atoms with van der Waals surface area (Å²) in [5.74, 6) is 1.34. The number of aryl methyl sites for hydroxylation is 1. The second kappa shape index (κ2) is 19.3. The first-order chi connectivity index (χ1) is 19.7. The number of ether oxygens (including phenoxy) is 1. The van der Waals surface area contributed by atoms with Gasteiger partial charge in [0.1, 0.15) is 0 Å². The first-order valence-corrected chi connectivity index (χ1v) is 17.4. The molecule has 0 radical (unpaired) electrons. The summed E-state index contributed by atoms with van der Waals surface area (Å²) in [5.41, 5.74) is 3.70. The van der Waals surface area contributed by atoms with Crippen molar-refractivity contribution in [2.45, 2.75) is 121 Å². The zero-order valence-corrected chi connectivity index (χ0v) is 26.8. The van der Waals surface area contributed by atoms with Crippen LogP contribution < -0.4 is 0 Å². The lowest BCUT2D eigenvalue weighted by Crippen LogP contribution is -2.29. The van der Waals surface area contributed by atoms with Crippen molar-refractivity contribution in [3.8, 4) is 0 Å². The van der Waals surface area contributed by atoms with E-state index in [1.807, 2.05) is 11.8 Å². The summed E-state index contributed by atoms with van der Waals surface area (Å²) in [6.07, 6.45) is 28.8. The molecule has 0 amide bonds. The van der Waals surface area contributed by atoms with Crippen LogP contribution in [0.2, 0.25) is 0 Å². The maximum Gasteiger partial charge on any atom is 0.193 e. The van der Waals surface area contributed by atoms with E-state index >= 15 is 0 Å². The fourth-order valence-corrected chi connectivity index (χ4v) is 6.76. The average molecular weight is 577 g/mol. The molecule has 2 aromatic carbocycles. The van der Waals surface area contributed by atoms with E-state index in [2.05, 4.69) is 92.7 Å². The van der Waals surface area contributed by atoms with Crippen LogP contribution in [0.25, 0.3) is 0 Å². The molecule has 3 heteroatoms. The number of benzene rings is 2. The lowest BCUT2D eigenvalue weighted by atomic mass is 9.94. The minimum absolute atomic E-state index is 0.275. The van der Waals surface area contributed by atoms with Gasteiger partial charge in [0.15, 0.2) is 9.98 Å². The van der Waals surface area contributed by atoms with Gasteiger partial charge in [0, 0.05) is 11.5 Å². The normalized spacial score (nSPS) is 18.2. The lowest BCUT2D eigenvalue weighted by molar-refractivity contribution is 0.256. The van der Waals surface area contributed by atoms with Crippen molar-refractivity contribution in [1.82, 2.24) is 0 Å². The summed E-state index contributed by atoms with van der Waals surface area (Å²) >= 11 is 7.73. The van der Waals surface area contributed by atoms with Crippen LogP contribution in [-0.4, -0.2) is 15.7 Å². The number of unbranched alkanes of at least 4 members (excludes halogenated alkanes) is 12. The summed E-state index contributed by atoms with van der Waals surface area (Å²) in [6.45, 7) is 4.55. The maximum atomic E-state index is 6.62. The Bertz CT molecular complexity index is 994. The molecule has 0 fully saturated rings. The van der Waals surface area contributed by atoms with Crippen LogP contribution in [0.15, 0.2) is 78.9 Å². The highest BCUT2D eigenvalue weighted by Crippen LogP contribution is 2.38. The first-order valence-electron chi connectivity index (χ1n) is 16.1. The van der Waals surface area contributed by atoms with Gasteiger partial charge in [0.2, 0.25) is 0 Å². The third kappa shape index (κ3) is 12.0. The summed E-state index contributed by atoms with van der Waals surface area (Å²) in [7, 11) is 0. The molecule has 1 nitrogen and oxygen atoms in total. The minimum Gasteiger partial charge on any atom is -0.458 e. The predicted molar refractivity (Wildman–Crippen MR) is 182 cm³/mol. The van der Waals surface area contributed by atoms with E-state index in [4.69, 9.17) is 17.0 Å². The van der Waals surface area contributed by atoms with Gasteiger partial charge in [0.25, 0.3) is 0 Å². The monoisotopic (exact) mass is 576 g/mol. The van der Waals surface area contributed by atoms with Crippen LogP contribution in [0.3, 0.4) is 0 Å². The fourth-order valence-electron chi connectivity index (χ4n) is 5.27. The number of hydrogen-bond acceptors (Lipinski definition) is 3. The molecule has 0 aliphatic heterocycles. The van der Waals surface area contributed by atoms with Crippen molar-refractivity contribution in [2.75, 3.05) is 5.75 Å². The Morgan fingerprint density at radius 3 is 1.85 bits per heavy atom. The van der Waals surface area contributed by atoms with Gasteiger partial charge < -0.3 is 4.74 Å². The molecule has 1 aliphatic carbocycles. The molecule has 3 rings (SSSR count).